The Hall–Kier alpha value is -3.61. The number of carbonyl (C=O) groups excluding carboxylic acids is 2. The van der Waals surface area contributed by atoms with Gasteiger partial charge in [-0.15, -0.1) is 0 Å². The summed E-state index contributed by atoms with van der Waals surface area (Å²) in [5, 5.41) is 11.5. The maximum absolute atomic E-state index is 12.9. The number of urea groups is 1. The fourth-order valence-electron chi connectivity index (χ4n) is 3.71. The molecule has 1 fully saturated rings. The first-order valence-electron chi connectivity index (χ1n) is 10.2. The van der Waals surface area contributed by atoms with Gasteiger partial charge in [-0.2, -0.15) is 0 Å². The number of carbonyl (C=O) groups is 3. The molecule has 7 heteroatoms. The molecule has 162 valence electrons. The summed E-state index contributed by atoms with van der Waals surface area (Å²) in [4.78, 5) is 37.5. The number of carboxylic acids is 1. The van der Waals surface area contributed by atoms with E-state index in [1.165, 1.54) is 6.08 Å². The number of aliphatic carboxylic acids is 1. The summed E-state index contributed by atoms with van der Waals surface area (Å²) < 4.78 is 6.09. The van der Waals surface area contributed by atoms with Crippen LogP contribution in [-0.2, 0) is 16.1 Å². The first-order valence-corrected chi connectivity index (χ1v) is 10.2. The molecule has 1 saturated heterocycles. The van der Waals surface area contributed by atoms with Gasteiger partial charge in [0.1, 0.15) is 11.2 Å². The fourth-order valence-corrected chi connectivity index (χ4v) is 3.71. The average molecular weight is 422 g/mol. The van der Waals surface area contributed by atoms with Crippen LogP contribution >= 0.6 is 0 Å². The van der Waals surface area contributed by atoms with E-state index in [4.69, 9.17) is 9.84 Å². The molecule has 2 aromatic rings. The molecule has 1 unspecified atom stereocenters. The third kappa shape index (κ3) is 4.60. The van der Waals surface area contributed by atoms with E-state index >= 15 is 0 Å². The van der Waals surface area contributed by atoms with E-state index in [0.717, 1.165) is 16.5 Å². The molecule has 0 radical (unpaired) electrons. The summed E-state index contributed by atoms with van der Waals surface area (Å²) in [7, 11) is 0. The SMILES string of the molecule is CCC1(CC)C(=O)N(C(=O)NCc2ccccc2)C1Oc1ccc(/C=C/C(=O)O)cc1. The number of amides is 3. The van der Waals surface area contributed by atoms with Crippen molar-refractivity contribution in [2.45, 2.75) is 39.5 Å². The maximum atomic E-state index is 12.9. The van der Waals surface area contributed by atoms with Gasteiger partial charge in [-0.1, -0.05) is 56.3 Å². The molecule has 0 spiro atoms. The van der Waals surface area contributed by atoms with Gasteiger partial charge >= 0.3 is 12.0 Å². The van der Waals surface area contributed by atoms with Crippen LogP contribution in [0.25, 0.3) is 6.08 Å². The molecule has 1 atom stereocenters. The summed E-state index contributed by atoms with van der Waals surface area (Å²) >= 11 is 0. The summed E-state index contributed by atoms with van der Waals surface area (Å²) in [6.07, 6.45) is 2.92. The van der Waals surface area contributed by atoms with E-state index in [-0.39, 0.29) is 5.91 Å². The van der Waals surface area contributed by atoms with Crippen molar-refractivity contribution in [3.05, 3.63) is 71.8 Å². The van der Waals surface area contributed by atoms with Crippen molar-refractivity contribution in [2.24, 2.45) is 5.41 Å². The number of imide groups is 1. The lowest BCUT2D eigenvalue weighted by atomic mass is 9.72. The third-order valence-corrected chi connectivity index (χ3v) is 5.67. The molecule has 1 aliphatic heterocycles. The van der Waals surface area contributed by atoms with Gasteiger partial charge in [0, 0.05) is 12.6 Å². The molecule has 2 N–H and O–H groups in total. The number of rotatable bonds is 8. The molecular formula is C24H26N2O5. The van der Waals surface area contributed by atoms with Crippen molar-refractivity contribution < 1.29 is 24.2 Å². The van der Waals surface area contributed by atoms with E-state index in [1.54, 1.807) is 24.3 Å². The number of nitrogens with zero attached hydrogens (tertiary/aromatic N) is 1. The van der Waals surface area contributed by atoms with Crippen molar-refractivity contribution in [2.75, 3.05) is 0 Å². The van der Waals surface area contributed by atoms with Gasteiger partial charge in [0.15, 0.2) is 6.23 Å². The van der Waals surface area contributed by atoms with Crippen LogP contribution in [0.4, 0.5) is 4.79 Å². The monoisotopic (exact) mass is 422 g/mol. The van der Waals surface area contributed by atoms with E-state index in [9.17, 15) is 14.4 Å². The fraction of sp³-hybridized carbons (Fsp3) is 0.292. The minimum absolute atomic E-state index is 0.242. The van der Waals surface area contributed by atoms with E-state index < -0.39 is 23.6 Å². The highest BCUT2D eigenvalue weighted by atomic mass is 16.5. The van der Waals surface area contributed by atoms with Crippen molar-refractivity contribution in [1.82, 2.24) is 10.2 Å². The Balaban J connectivity index is 1.74. The summed E-state index contributed by atoms with van der Waals surface area (Å²) in [5.74, 6) is -0.771. The standard InChI is InChI=1S/C24H26N2O5/c1-3-24(4-2)21(29)26(23(30)25-16-18-8-6-5-7-9-18)22(24)31-19-13-10-17(11-14-19)12-15-20(27)28/h5-15,22H,3-4,16H2,1-2H3,(H,25,30)(H,27,28)/b15-12+. The van der Waals surface area contributed by atoms with Gasteiger partial charge in [0.25, 0.3) is 0 Å². The van der Waals surface area contributed by atoms with Gasteiger partial charge < -0.3 is 15.2 Å². The van der Waals surface area contributed by atoms with Crippen molar-refractivity contribution in [1.29, 1.82) is 0 Å². The molecule has 2 aromatic carbocycles. The zero-order chi connectivity index (χ0) is 22.4. The van der Waals surface area contributed by atoms with Crippen LogP contribution in [0.3, 0.4) is 0 Å². The van der Waals surface area contributed by atoms with Crippen LogP contribution in [0, 0.1) is 5.41 Å². The molecule has 1 aliphatic rings. The second kappa shape index (κ2) is 9.47. The lowest BCUT2D eigenvalue weighted by molar-refractivity contribution is -0.190. The van der Waals surface area contributed by atoms with Gasteiger partial charge in [-0.25, -0.2) is 14.5 Å². The topological polar surface area (TPSA) is 95.9 Å². The normalized spacial score (nSPS) is 17.3. The van der Waals surface area contributed by atoms with Gasteiger partial charge in [0.05, 0.1) is 0 Å². The second-order valence-electron chi connectivity index (χ2n) is 7.39. The number of likely N-dealkylation sites (tertiary alicyclic amines) is 1. The quantitative estimate of drug-likeness (QED) is 0.494. The zero-order valence-corrected chi connectivity index (χ0v) is 17.6. The summed E-state index contributed by atoms with van der Waals surface area (Å²) in [6, 6.07) is 15.8. The smallest absolute Gasteiger partial charge is 0.328 e. The Morgan fingerprint density at radius 2 is 1.74 bits per heavy atom. The molecule has 3 amide bonds. The number of nitrogens with one attached hydrogen (secondary N) is 1. The van der Waals surface area contributed by atoms with Gasteiger partial charge in [-0.05, 0) is 42.2 Å². The molecular weight excluding hydrogens is 396 g/mol. The first kappa shape index (κ1) is 22.1. The second-order valence-corrected chi connectivity index (χ2v) is 7.39. The molecule has 0 aliphatic carbocycles. The number of carboxylic acid groups (broad SMARTS) is 1. The highest BCUT2D eigenvalue weighted by Gasteiger charge is 2.62. The first-order chi connectivity index (χ1) is 14.9. The number of hydrogen-bond donors (Lipinski definition) is 2. The minimum atomic E-state index is -1.03. The lowest BCUT2D eigenvalue weighted by Gasteiger charge is -2.53. The largest absolute Gasteiger partial charge is 0.478 e. The predicted molar refractivity (Wildman–Crippen MR) is 116 cm³/mol. The van der Waals surface area contributed by atoms with Gasteiger partial charge in [0.2, 0.25) is 5.91 Å². The van der Waals surface area contributed by atoms with E-state index in [2.05, 4.69) is 5.32 Å². The van der Waals surface area contributed by atoms with Crippen LogP contribution < -0.4 is 10.1 Å². The van der Waals surface area contributed by atoms with Crippen molar-refractivity contribution in [3.63, 3.8) is 0 Å². The Kier molecular flexibility index (Phi) is 6.74. The summed E-state index contributed by atoms with van der Waals surface area (Å²) in [5.41, 5.74) is 0.879. The zero-order valence-electron chi connectivity index (χ0n) is 17.6. The number of β-lactam (4-membered cyclic amide) rings is 1. The highest BCUT2D eigenvalue weighted by molar-refractivity contribution is 6.03. The van der Waals surface area contributed by atoms with Crippen molar-refractivity contribution >= 4 is 24.0 Å². The van der Waals surface area contributed by atoms with Crippen LogP contribution in [0.1, 0.15) is 37.8 Å². The minimum Gasteiger partial charge on any atom is -0.478 e. The third-order valence-electron chi connectivity index (χ3n) is 5.67. The molecule has 7 nitrogen and oxygen atoms in total. The van der Waals surface area contributed by atoms with Crippen molar-refractivity contribution in [3.8, 4) is 5.75 Å². The van der Waals surface area contributed by atoms with E-state index in [1.807, 2.05) is 44.2 Å². The van der Waals surface area contributed by atoms with Gasteiger partial charge in [-0.3, -0.25) is 4.79 Å². The number of benzene rings is 2. The van der Waals surface area contributed by atoms with Crippen LogP contribution in [0.15, 0.2) is 60.7 Å². The highest BCUT2D eigenvalue weighted by Crippen LogP contribution is 2.46. The molecule has 1 heterocycles. The maximum Gasteiger partial charge on any atom is 0.328 e. The molecule has 0 bridgehead atoms. The molecule has 31 heavy (non-hydrogen) atoms. The Bertz CT molecular complexity index is 965. The molecule has 0 saturated carbocycles. The Morgan fingerprint density at radius 3 is 2.32 bits per heavy atom. The Morgan fingerprint density at radius 1 is 1.10 bits per heavy atom. The summed E-state index contributed by atoms with van der Waals surface area (Å²) in [6.45, 7) is 4.14. The van der Waals surface area contributed by atoms with E-state index in [0.29, 0.717) is 30.7 Å². The predicted octanol–water partition coefficient (Wildman–Crippen LogP) is 4.05. The number of ether oxygens (including phenoxy) is 1. The Labute approximate surface area is 181 Å². The molecule has 3 rings (SSSR count). The van der Waals surface area contributed by atoms with Crippen LogP contribution in [0.5, 0.6) is 5.75 Å². The number of hydrogen-bond acceptors (Lipinski definition) is 4. The molecule has 0 aromatic heterocycles. The van der Waals surface area contributed by atoms with Crippen LogP contribution in [-0.4, -0.2) is 34.1 Å². The lowest BCUT2D eigenvalue weighted by Crippen LogP contribution is -2.73. The van der Waals surface area contributed by atoms with Crippen LogP contribution in [0.2, 0.25) is 0 Å². The average Bonchev–Trinajstić information content (AvgIpc) is 2.78.